The Morgan fingerprint density at radius 1 is 1.19 bits per heavy atom. The van der Waals surface area contributed by atoms with E-state index in [-0.39, 0.29) is 5.91 Å². The van der Waals surface area contributed by atoms with Crippen LogP contribution in [0.25, 0.3) is 0 Å². The summed E-state index contributed by atoms with van der Waals surface area (Å²) >= 11 is 3.37. The average Bonchev–Trinajstić information content (AvgIpc) is 2.48. The molecule has 1 N–H and O–H groups in total. The first-order chi connectivity index (χ1) is 10.0. The molecular weight excluding hydrogens is 330 g/mol. The largest absolute Gasteiger partial charge is 0.379 e. The molecule has 0 saturated heterocycles. The summed E-state index contributed by atoms with van der Waals surface area (Å²) in [5, 5.41) is 3.31. The van der Waals surface area contributed by atoms with Crippen molar-refractivity contribution in [3.63, 3.8) is 0 Å². The van der Waals surface area contributed by atoms with Gasteiger partial charge in [0.25, 0.3) is 0 Å². The third-order valence-corrected chi connectivity index (χ3v) is 3.54. The van der Waals surface area contributed by atoms with Crippen LogP contribution in [-0.2, 0) is 17.8 Å². The van der Waals surface area contributed by atoms with Crippen LogP contribution in [0.5, 0.6) is 0 Å². The highest BCUT2D eigenvalue weighted by Crippen LogP contribution is 2.13. The average molecular weight is 348 g/mol. The van der Waals surface area contributed by atoms with Gasteiger partial charge in [0.2, 0.25) is 5.91 Å². The van der Waals surface area contributed by atoms with Crippen LogP contribution in [0, 0.1) is 0 Å². The Bertz CT molecular complexity index is 594. The number of nitrogens with one attached hydrogen (secondary N) is 1. The van der Waals surface area contributed by atoms with E-state index in [1.54, 1.807) is 25.2 Å². The van der Waals surface area contributed by atoms with Gasteiger partial charge in [0, 0.05) is 30.5 Å². The molecule has 0 radical (unpaired) electrons. The summed E-state index contributed by atoms with van der Waals surface area (Å²) in [6.07, 6.45) is 2.22. The lowest BCUT2D eigenvalue weighted by Crippen LogP contribution is -2.23. The summed E-state index contributed by atoms with van der Waals surface area (Å²) in [5.41, 5.74) is 3.01. The summed E-state index contributed by atoms with van der Waals surface area (Å²) in [7, 11) is 3.53. The maximum Gasteiger partial charge on any atom is 0.226 e. The number of rotatable bonds is 5. The zero-order valence-corrected chi connectivity index (χ0v) is 13.7. The Kier molecular flexibility index (Phi) is 5.33. The van der Waals surface area contributed by atoms with E-state index in [9.17, 15) is 4.79 Å². The van der Waals surface area contributed by atoms with E-state index in [1.807, 2.05) is 36.4 Å². The van der Waals surface area contributed by atoms with Crippen LogP contribution in [-0.4, -0.2) is 29.9 Å². The molecule has 1 amide bonds. The number of anilines is 1. The fraction of sp³-hybridized carbons (Fsp3) is 0.250. The Morgan fingerprint density at radius 2 is 1.90 bits per heavy atom. The zero-order chi connectivity index (χ0) is 15.2. The van der Waals surface area contributed by atoms with Gasteiger partial charge in [-0.15, -0.1) is 0 Å². The molecule has 0 aliphatic rings. The molecule has 2 aromatic rings. The number of hydrogen-bond donors (Lipinski definition) is 1. The van der Waals surface area contributed by atoms with E-state index in [0.29, 0.717) is 13.0 Å². The molecule has 0 unspecified atom stereocenters. The van der Waals surface area contributed by atoms with Gasteiger partial charge in [0.15, 0.2) is 0 Å². The molecule has 0 saturated carbocycles. The van der Waals surface area contributed by atoms with Crippen LogP contribution in [0.3, 0.4) is 0 Å². The van der Waals surface area contributed by atoms with Crippen molar-refractivity contribution in [1.29, 1.82) is 0 Å². The molecule has 0 spiro atoms. The minimum absolute atomic E-state index is 0.106. The van der Waals surface area contributed by atoms with Gasteiger partial charge in [-0.25, -0.2) is 0 Å². The Balaban J connectivity index is 1.90. The molecule has 1 aromatic carbocycles. The van der Waals surface area contributed by atoms with E-state index in [0.717, 1.165) is 21.4 Å². The van der Waals surface area contributed by atoms with Crippen LogP contribution in [0.4, 0.5) is 5.69 Å². The fourth-order valence-corrected chi connectivity index (χ4v) is 2.01. The lowest BCUT2D eigenvalue weighted by molar-refractivity contribution is -0.127. The summed E-state index contributed by atoms with van der Waals surface area (Å²) in [6.45, 7) is 0.670. The predicted octanol–water partition coefficient (Wildman–Crippen LogP) is 3.09. The molecule has 21 heavy (non-hydrogen) atoms. The Hall–Kier alpha value is -1.88. The van der Waals surface area contributed by atoms with Crippen molar-refractivity contribution in [2.45, 2.75) is 13.0 Å². The molecule has 0 atom stereocenters. The molecule has 0 aliphatic carbocycles. The molecule has 5 heteroatoms. The first kappa shape index (κ1) is 15.5. The summed E-state index contributed by atoms with van der Waals surface area (Å²) < 4.78 is 0.973. The van der Waals surface area contributed by atoms with Crippen LogP contribution in [0.2, 0.25) is 0 Å². The molecule has 0 bridgehead atoms. The van der Waals surface area contributed by atoms with Gasteiger partial charge in [0.05, 0.1) is 18.7 Å². The van der Waals surface area contributed by atoms with E-state index in [4.69, 9.17) is 0 Å². The fourth-order valence-electron chi connectivity index (χ4n) is 1.78. The van der Waals surface area contributed by atoms with Crippen LogP contribution < -0.4 is 5.32 Å². The second-order valence-electron chi connectivity index (χ2n) is 4.98. The van der Waals surface area contributed by atoms with Crippen LogP contribution in [0.15, 0.2) is 47.1 Å². The minimum Gasteiger partial charge on any atom is -0.379 e. The van der Waals surface area contributed by atoms with E-state index in [1.165, 1.54) is 0 Å². The van der Waals surface area contributed by atoms with E-state index < -0.39 is 0 Å². The number of pyridine rings is 1. The van der Waals surface area contributed by atoms with Crippen molar-refractivity contribution in [3.8, 4) is 0 Å². The van der Waals surface area contributed by atoms with Crippen molar-refractivity contribution in [3.05, 3.63) is 58.3 Å². The van der Waals surface area contributed by atoms with Crippen molar-refractivity contribution in [2.75, 3.05) is 19.4 Å². The highest BCUT2D eigenvalue weighted by Gasteiger charge is 2.05. The number of halogens is 1. The third kappa shape index (κ3) is 4.86. The first-order valence-electron chi connectivity index (χ1n) is 6.68. The standard InChI is InChI=1S/C16H18BrN3O/c1-20(2)16(21)9-12-3-6-14(7-4-12)19-11-15-8-5-13(17)10-18-15/h3-8,10,19H,9,11H2,1-2H3. The number of carbonyl (C=O) groups is 1. The summed E-state index contributed by atoms with van der Waals surface area (Å²) in [5.74, 6) is 0.106. The third-order valence-electron chi connectivity index (χ3n) is 3.07. The first-order valence-corrected chi connectivity index (χ1v) is 7.47. The minimum atomic E-state index is 0.106. The van der Waals surface area contributed by atoms with E-state index >= 15 is 0 Å². The van der Waals surface area contributed by atoms with Gasteiger partial charge in [-0.1, -0.05) is 12.1 Å². The number of nitrogens with zero attached hydrogens (tertiary/aromatic N) is 2. The van der Waals surface area contributed by atoms with Gasteiger partial charge in [-0.2, -0.15) is 0 Å². The lowest BCUT2D eigenvalue weighted by Gasteiger charge is -2.11. The molecule has 4 nitrogen and oxygen atoms in total. The number of likely N-dealkylation sites (N-methyl/N-ethyl adjacent to an activating group) is 1. The molecular formula is C16H18BrN3O. The van der Waals surface area contributed by atoms with Gasteiger partial charge in [-0.05, 0) is 45.8 Å². The maximum absolute atomic E-state index is 11.6. The number of amides is 1. The molecule has 2 rings (SSSR count). The zero-order valence-electron chi connectivity index (χ0n) is 12.1. The van der Waals surface area contributed by atoms with Crippen molar-refractivity contribution < 1.29 is 4.79 Å². The second kappa shape index (κ2) is 7.22. The van der Waals surface area contributed by atoms with Crippen molar-refractivity contribution in [2.24, 2.45) is 0 Å². The number of hydrogen-bond acceptors (Lipinski definition) is 3. The number of aromatic nitrogens is 1. The van der Waals surface area contributed by atoms with Gasteiger partial charge < -0.3 is 10.2 Å². The van der Waals surface area contributed by atoms with Crippen LogP contribution in [0.1, 0.15) is 11.3 Å². The summed E-state index contributed by atoms with van der Waals surface area (Å²) in [4.78, 5) is 17.5. The highest BCUT2D eigenvalue weighted by atomic mass is 79.9. The normalized spacial score (nSPS) is 10.2. The molecule has 0 fully saturated rings. The SMILES string of the molecule is CN(C)C(=O)Cc1ccc(NCc2ccc(Br)cn2)cc1. The molecule has 110 valence electrons. The van der Waals surface area contributed by atoms with E-state index in [2.05, 4.69) is 26.2 Å². The smallest absolute Gasteiger partial charge is 0.226 e. The molecule has 1 heterocycles. The maximum atomic E-state index is 11.6. The van der Waals surface area contributed by atoms with Crippen LogP contribution >= 0.6 is 15.9 Å². The van der Waals surface area contributed by atoms with Gasteiger partial charge in [0.1, 0.15) is 0 Å². The second-order valence-corrected chi connectivity index (χ2v) is 5.90. The van der Waals surface area contributed by atoms with Gasteiger partial charge in [-0.3, -0.25) is 9.78 Å². The summed E-state index contributed by atoms with van der Waals surface area (Å²) in [6, 6.07) is 11.9. The lowest BCUT2D eigenvalue weighted by atomic mass is 10.1. The Labute approximate surface area is 133 Å². The monoisotopic (exact) mass is 347 g/mol. The van der Waals surface area contributed by atoms with Crippen molar-refractivity contribution in [1.82, 2.24) is 9.88 Å². The molecule has 1 aromatic heterocycles. The number of carbonyl (C=O) groups excluding carboxylic acids is 1. The molecule has 0 aliphatic heterocycles. The topological polar surface area (TPSA) is 45.2 Å². The number of benzene rings is 1. The highest BCUT2D eigenvalue weighted by molar-refractivity contribution is 9.10. The quantitative estimate of drug-likeness (QED) is 0.903. The Morgan fingerprint density at radius 3 is 2.48 bits per heavy atom. The predicted molar refractivity (Wildman–Crippen MR) is 88.1 cm³/mol. The van der Waals surface area contributed by atoms with Gasteiger partial charge >= 0.3 is 0 Å². The van der Waals surface area contributed by atoms with Crippen molar-refractivity contribution >= 4 is 27.5 Å².